The fraction of sp³-hybridized carbons (Fsp3) is 0.273. The first kappa shape index (κ1) is 21.5. The molecule has 2 N–H and O–H groups in total. The van der Waals surface area contributed by atoms with Gasteiger partial charge >= 0.3 is 0 Å². The molecule has 0 bridgehead atoms. The second-order valence-electron chi connectivity index (χ2n) is 6.84. The average Bonchev–Trinajstić information content (AvgIpc) is 2.75. The zero-order valence-corrected chi connectivity index (χ0v) is 17.4. The predicted molar refractivity (Wildman–Crippen MR) is 117 cm³/mol. The van der Waals surface area contributed by atoms with Gasteiger partial charge in [-0.25, -0.2) is 4.98 Å². The number of halogens is 1. The molecule has 1 heterocycles. The van der Waals surface area contributed by atoms with Gasteiger partial charge in [-0.15, -0.1) is 0 Å². The Hall–Kier alpha value is -3.19. The number of rotatable bonds is 8. The van der Waals surface area contributed by atoms with E-state index in [4.69, 9.17) is 11.6 Å². The van der Waals surface area contributed by atoms with Crippen molar-refractivity contribution in [1.82, 2.24) is 20.2 Å². The molecule has 2 amide bonds. The molecule has 8 heteroatoms. The number of carbonyl (C=O) groups is 2. The molecule has 3 aromatic rings. The fourth-order valence-electron chi connectivity index (χ4n) is 3.12. The Morgan fingerprint density at radius 1 is 1.03 bits per heavy atom. The normalized spacial score (nSPS) is 10.7. The van der Waals surface area contributed by atoms with E-state index in [1.807, 2.05) is 30.3 Å². The zero-order chi connectivity index (χ0) is 21.5. The van der Waals surface area contributed by atoms with Gasteiger partial charge in [0.05, 0.1) is 11.0 Å². The van der Waals surface area contributed by atoms with Crippen LogP contribution in [-0.2, 0) is 29.0 Å². The Bertz CT molecular complexity index is 1110. The van der Waals surface area contributed by atoms with Crippen LogP contribution in [-0.4, -0.2) is 35.0 Å². The van der Waals surface area contributed by atoms with Crippen LogP contribution in [0, 0.1) is 0 Å². The molecule has 7 nitrogen and oxygen atoms in total. The highest BCUT2D eigenvalue weighted by Gasteiger charge is 2.14. The van der Waals surface area contributed by atoms with E-state index in [-0.39, 0.29) is 42.5 Å². The Kier molecular flexibility index (Phi) is 7.19. The van der Waals surface area contributed by atoms with E-state index in [0.29, 0.717) is 29.0 Å². The maximum atomic E-state index is 12.9. The minimum atomic E-state index is -0.356. The Labute approximate surface area is 179 Å². The van der Waals surface area contributed by atoms with Gasteiger partial charge in [0.25, 0.3) is 5.56 Å². The summed E-state index contributed by atoms with van der Waals surface area (Å²) < 4.78 is 1.42. The summed E-state index contributed by atoms with van der Waals surface area (Å²) in [5.74, 6) is -0.435. The molecule has 0 fully saturated rings. The van der Waals surface area contributed by atoms with Crippen molar-refractivity contribution in [3.63, 3.8) is 0 Å². The third-order valence-electron chi connectivity index (χ3n) is 4.74. The van der Waals surface area contributed by atoms with Crippen molar-refractivity contribution in [2.75, 3.05) is 13.6 Å². The maximum absolute atomic E-state index is 12.9. The van der Waals surface area contributed by atoms with Crippen LogP contribution in [0.4, 0.5) is 0 Å². The van der Waals surface area contributed by atoms with Crippen LogP contribution in [0.5, 0.6) is 0 Å². The molecule has 0 aliphatic rings. The SMILES string of the molecule is CNC(=O)CCc1nc2ccccc2n(CC(=O)NCCc2ccc(Cl)cc2)c1=O. The molecular weight excluding hydrogens is 404 g/mol. The average molecular weight is 427 g/mol. The highest BCUT2D eigenvalue weighted by Crippen LogP contribution is 2.11. The smallest absolute Gasteiger partial charge is 0.273 e. The van der Waals surface area contributed by atoms with E-state index in [0.717, 1.165) is 5.56 Å². The van der Waals surface area contributed by atoms with Gasteiger partial charge < -0.3 is 10.6 Å². The van der Waals surface area contributed by atoms with Gasteiger partial charge in [-0.2, -0.15) is 0 Å². The van der Waals surface area contributed by atoms with E-state index in [1.165, 1.54) is 4.57 Å². The molecule has 3 rings (SSSR count). The summed E-state index contributed by atoms with van der Waals surface area (Å²) in [7, 11) is 1.54. The second kappa shape index (κ2) is 10.0. The lowest BCUT2D eigenvalue weighted by Crippen LogP contribution is -2.35. The summed E-state index contributed by atoms with van der Waals surface area (Å²) in [6.07, 6.45) is 1.03. The first-order chi connectivity index (χ1) is 14.5. The van der Waals surface area contributed by atoms with Gasteiger partial charge in [0.1, 0.15) is 12.2 Å². The number of amides is 2. The Balaban J connectivity index is 1.73. The molecule has 30 heavy (non-hydrogen) atoms. The van der Waals surface area contributed by atoms with Gasteiger partial charge in [-0.05, 0) is 36.2 Å². The highest BCUT2D eigenvalue weighted by atomic mass is 35.5. The van der Waals surface area contributed by atoms with Crippen LogP contribution in [0.15, 0.2) is 53.3 Å². The summed E-state index contributed by atoms with van der Waals surface area (Å²) in [6.45, 7) is 0.331. The third-order valence-corrected chi connectivity index (χ3v) is 4.99. The third kappa shape index (κ3) is 5.45. The quantitative estimate of drug-likeness (QED) is 0.576. The summed E-state index contributed by atoms with van der Waals surface area (Å²) >= 11 is 5.88. The Morgan fingerprint density at radius 2 is 1.77 bits per heavy atom. The molecule has 0 saturated heterocycles. The van der Waals surface area contributed by atoms with Crippen molar-refractivity contribution in [1.29, 1.82) is 0 Å². The number of hydrogen-bond donors (Lipinski definition) is 2. The van der Waals surface area contributed by atoms with Crippen LogP contribution in [0.2, 0.25) is 5.02 Å². The predicted octanol–water partition coefficient (Wildman–Crippen LogP) is 2.09. The first-order valence-electron chi connectivity index (χ1n) is 9.68. The standard InChI is InChI=1S/C22H23ClN4O3/c1-24-20(28)11-10-18-22(30)27(19-5-3-2-4-17(19)26-18)14-21(29)25-13-12-15-6-8-16(23)9-7-15/h2-9H,10-14H2,1H3,(H,24,28)(H,25,29). The molecule has 0 spiro atoms. The van der Waals surface area contributed by atoms with E-state index < -0.39 is 0 Å². The maximum Gasteiger partial charge on any atom is 0.273 e. The van der Waals surface area contributed by atoms with Gasteiger partial charge in [0, 0.05) is 31.5 Å². The van der Waals surface area contributed by atoms with Crippen LogP contribution in [0.3, 0.4) is 0 Å². The molecular formula is C22H23ClN4O3. The molecule has 0 aliphatic carbocycles. The number of aryl methyl sites for hydroxylation is 1. The summed E-state index contributed by atoms with van der Waals surface area (Å²) in [5, 5.41) is 6.05. The molecule has 0 radical (unpaired) electrons. The van der Waals surface area contributed by atoms with Gasteiger partial charge in [0.15, 0.2) is 0 Å². The van der Waals surface area contributed by atoms with E-state index in [9.17, 15) is 14.4 Å². The van der Waals surface area contributed by atoms with Crippen LogP contribution >= 0.6 is 11.6 Å². The number of nitrogens with zero attached hydrogens (tertiary/aromatic N) is 2. The molecule has 0 aliphatic heterocycles. The Morgan fingerprint density at radius 3 is 2.50 bits per heavy atom. The van der Waals surface area contributed by atoms with E-state index >= 15 is 0 Å². The minimum absolute atomic E-state index is 0.116. The van der Waals surface area contributed by atoms with Gasteiger partial charge in [-0.3, -0.25) is 19.0 Å². The number of nitrogens with one attached hydrogen (secondary N) is 2. The van der Waals surface area contributed by atoms with Crippen molar-refractivity contribution < 1.29 is 9.59 Å². The summed E-state index contributed by atoms with van der Waals surface area (Å²) in [4.78, 5) is 41.4. The number of fused-ring (bicyclic) bond motifs is 1. The van der Waals surface area contributed by atoms with Crippen molar-refractivity contribution >= 4 is 34.4 Å². The van der Waals surface area contributed by atoms with Gasteiger partial charge in [-0.1, -0.05) is 35.9 Å². The van der Waals surface area contributed by atoms with Crippen molar-refractivity contribution in [3.05, 3.63) is 75.2 Å². The van der Waals surface area contributed by atoms with Crippen molar-refractivity contribution in [2.45, 2.75) is 25.8 Å². The first-order valence-corrected chi connectivity index (χ1v) is 10.1. The molecule has 0 atom stereocenters. The number of benzene rings is 2. The fourth-order valence-corrected chi connectivity index (χ4v) is 3.24. The second-order valence-corrected chi connectivity index (χ2v) is 7.27. The highest BCUT2D eigenvalue weighted by molar-refractivity contribution is 6.30. The van der Waals surface area contributed by atoms with Crippen molar-refractivity contribution in [2.24, 2.45) is 0 Å². The lowest BCUT2D eigenvalue weighted by Gasteiger charge is -2.12. The molecule has 0 unspecified atom stereocenters. The number of carbonyl (C=O) groups excluding carboxylic acids is 2. The summed E-state index contributed by atoms with van der Waals surface area (Å²) in [5.41, 5.74) is 2.16. The largest absolute Gasteiger partial charge is 0.359 e. The topological polar surface area (TPSA) is 93.1 Å². The van der Waals surface area contributed by atoms with Crippen LogP contribution in [0.1, 0.15) is 17.7 Å². The van der Waals surface area contributed by atoms with Crippen LogP contribution in [0.25, 0.3) is 11.0 Å². The number of para-hydroxylation sites is 2. The molecule has 156 valence electrons. The summed E-state index contributed by atoms with van der Waals surface area (Å²) in [6, 6.07) is 14.6. The van der Waals surface area contributed by atoms with E-state index in [1.54, 1.807) is 25.2 Å². The van der Waals surface area contributed by atoms with Crippen molar-refractivity contribution in [3.8, 4) is 0 Å². The number of aromatic nitrogens is 2. The lowest BCUT2D eigenvalue weighted by molar-refractivity contribution is -0.122. The minimum Gasteiger partial charge on any atom is -0.359 e. The molecule has 1 aromatic heterocycles. The molecule has 0 saturated carbocycles. The monoisotopic (exact) mass is 426 g/mol. The molecule has 2 aromatic carbocycles. The zero-order valence-electron chi connectivity index (χ0n) is 16.7. The van der Waals surface area contributed by atoms with E-state index in [2.05, 4.69) is 15.6 Å². The number of hydrogen-bond acceptors (Lipinski definition) is 4. The van der Waals surface area contributed by atoms with Crippen LogP contribution < -0.4 is 16.2 Å². The van der Waals surface area contributed by atoms with Gasteiger partial charge in [0.2, 0.25) is 11.8 Å². The lowest BCUT2D eigenvalue weighted by atomic mass is 10.1.